The zero-order chi connectivity index (χ0) is 34.0. The van der Waals surface area contributed by atoms with E-state index in [1.807, 2.05) is 37.3 Å². The molecule has 0 aromatic heterocycles. The minimum atomic E-state index is -4.48. The van der Waals surface area contributed by atoms with E-state index < -0.39 is 11.7 Å². The van der Waals surface area contributed by atoms with E-state index in [1.165, 1.54) is 31.9 Å². The highest BCUT2D eigenvalue weighted by Gasteiger charge is 2.30. The fourth-order valence-electron chi connectivity index (χ4n) is 5.23. The van der Waals surface area contributed by atoms with Crippen molar-refractivity contribution in [2.45, 2.75) is 99.1 Å². The molecule has 254 valence electrons. The number of hydrogen-bond donors (Lipinski definition) is 0. The van der Waals surface area contributed by atoms with Crippen LogP contribution in [0.4, 0.5) is 13.2 Å². The van der Waals surface area contributed by atoms with Crippen molar-refractivity contribution in [1.82, 2.24) is 4.90 Å². The van der Waals surface area contributed by atoms with Gasteiger partial charge in [0.25, 0.3) is 0 Å². The van der Waals surface area contributed by atoms with Crippen molar-refractivity contribution in [2.24, 2.45) is 10.9 Å². The summed E-state index contributed by atoms with van der Waals surface area (Å²) in [4.78, 5) is 7.63. The summed E-state index contributed by atoms with van der Waals surface area (Å²) in [5, 5.41) is 0. The van der Waals surface area contributed by atoms with Gasteiger partial charge in [-0.15, -0.1) is 0 Å². The zero-order valence-corrected chi connectivity index (χ0v) is 28.9. The Bertz CT molecular complexity index is 1260. The van der Waals surface area contributed by atoms with Crippen LogP contribution in [-0.2, 0) is 4.74 Å². The van der Waals surface area contributed by atoms with E-state index in [4.69, 9.17) is 14.5 Å². The number of nitrogens with zero attached hydrogens (tertiary/aromatic N) is 2. The molecular formula is C39H55F3N2O2. The molecular weight excluding hydrogens is 585 g/mol. The SMILES string of the molecule is C=C(/C=C(\C)OC1=CCC=C(CC(C)C(CCCCCC)=N/C(=C\C)c2ccc(OCCCN(CC)CC)cc2)C=C1)C(F)(F)F. The van der Waals surface area contributed by atoms with Crippen molar-refractivity contribution in [3.8, 4) is 5.75 Å². The Morgan fingerprint density at radius 1 is 1.02 bits per heavy atom. The molecule has 1 aliphatic carbocycles. The Labute approximate surface area is 276 Å². The van der Waals surface area contributed by atoms with Gasteiger partial charge in [0.1, 0.15) is 17.3 Å². The van der Waals surface area contributed by atoms with Crippen molar-refractivity contribution < 1.29 is 22.6 Å². The fourth-order valence-corrected chi connectivity index (χ4v) is 5.23. The summed E-state index contributed by atoms with van der Waals surface area (Å²) in [6.07, 6.45) is 14.4. The van der Waals surface area contributed by atoms with Crippen LogP contribution in [0.5, 0.6) is 5.75 Å². The second-order valence-electron chi connectivity index (χ2n) is 11.8. The van der Waals surface area contributed by atoms with Crippen LogP contribution in [-0.4, -0.2) is 43.0 Å². The maximum Gasteiger partial charge on any atom is 0.415 e. The largest absolute Gasteiger partial charge is 0.494 e. The number of unbranched alkanes of at least 4 members (excludes halogenated alkanes) is 3. The molecule has 4 nitrogen and oxygen atoms in total. The third-order valence-electron chi connectivity index (χ3n) is 8.05. The van der Waals surface area contributed by atoms with Crippen molar-refractivity contribution >= 4 is 11.4 Å². The average molecular weight is 641 g/mol. The van der Waals surface area contributed by atoms with Crippen molar-refractivity contribution in [2.75, 3.05) is 26.2 Å². The minimum absolute atomic E-state index is 0.144. The summed E-state index contributed by atoms with van der Waals surface area (Å²) in [6.45, 7) is 19.3. The van der Waals surface area contributed by atoms with E-state index in [1.54, 1.807) is 0 Å². The topological polar surface area (TPSA) is 34.1 Å². The molecule has 0 spiro atoms. The molecule has 0 N–H and O–H groups in total. The quantitative estimate of drug-likeness (QED) is 0.0615. The van der Waals surface area contributed by atoms with E-state index in [-0.39, 0.29) is 11.7 Å². The molecule has 0 heterocycles. The highest BCUT2D eigenvalue weighted by Crippen LogP contribution is 2.28. The molecule has 0 amide bonds. The van der Waals surface area contributed by atoms with E-state index >= 15 is 0 Å². The molecule has 1 aromatic rings. The van der Waals surface area contributed by atoms with Crippen LogP contribution < -0.4 is 4.74 Å². The van der Waals surface area contributed by atoms with Crippen LogP contribution in [0.3, 0.4) is 0 Å². The number of benzene rings is 1. The summed E-state index contributed by atoms with van der Waals surface area (Å²) in [6, 6.07) is 8.23. The molecule has 2 rings (SSSR count). The van der Waals surface area contributed by atoms with Crippen LogP contribution >= 0.6 is 0 Å². The monoisotopic (exact) mass is 640 g/mol. The average Bonchev–Trinajstić information content (AvgIpc) is 3.25. The van der Waals surface area contributed by atoms with Gasteiger partial charge in [0.15, 0.2) is 0 Å². The van der Waals surface area contributed by atoms with Crippen molar-refractivity contribution in [3.05, 3.63) is 95.5 Å². The lowest BCUT2D eigenvalue weighted by molar-refractivity contribution is -0.0880. The third kappa shape index (κ3) is 14.4. The molecule has 0 radical (unpaired) electrons. The molecule has 0 saturated carbocycles. The van der Waals surface area contributed by atoms with Gasteiger partial charge >= 0.3 is 6.18 Å². The Morgan fingerprint density at radius 3 is 2.37 bits per heavy atom. The van der Waals surface area contributed by atoms with Gasteiger partial charge in [-0.2, -0.15) is 13.2 Å². The van der Waals surface area contributed by atoms with Gasteiger partial charge in [0.05, 0.1) is 17.9 Å². The Morgan fingerprint density at radius 2 is 1.74 bits per heavy atom. The molecule has 1 atom stereocenters. The number of hydrogen-bond acceptors (Lipinski definition) is 4. The number of halogens is 3. The molecule has 0 saturated heterocycles. The first-order valence-electron chi connectivity index (χ1n) is 16.9. The number of alkyl halides is 3. The molecule has 7 heteroatoms. The molecule has 0 bridgehead atoms. The van der Waals surface area contributed by atoms with Gasteiger partial charge in [-0.1, -0.05) is 77.3 Å². The lowest BCUT2D eigenvalue weighted by Crippen LogP contribution is -2.25. The van der Waals surface area contributed by atoms with Gasteiger partial charge in [0, 0.05) is 17.8 Å². The predicted octanol–water partition coefficient (Wildman–Crippen LogP) is 11.4. The second-order valence-corrected chi connectivity index (χ2v) is 11.8. The molecule has 0 aliphatic heterocycles. The first-order chi connectivity index (χ1) is 22.0. The van der Waals surface area contributed by atoms with Crippen LogP contribution in [0.25, 0.3) is 5.70 Å². The normalized spacial score (nSPS) is 15.4. The van der Waals surface area contributed by atoms with E-state index in [9.17, 15) is 13.2 Å². The summed E-state index contributed by atoms with van der Waals surface area (Å²) in [7, 11) is 0. The first-order valence-corrected chi connectivity index (χ1v) is 16.9. The standard InChI is InChI=1S/C39H55F3N2O2/c1-8-12-13-14-19-38(43-37(9-2)34-21-24-35(25-22-34)45-27-16-26-44(10-3)11-4)30(5)28-33-17-15-18-36(23-20-33)46-32(7)29-31(6)39(40,41)42/h9,17-18,20-25,29-30H,6,8,10-16,19,26-28H2,1-5,7H3/b32-29+,37-9-,43-38?. The second kappa shape index (κ2) is 20.7. The molecule has 1 unspecified atom stereocenters. The van der Waals surface area contributed by atoms with Crippen molar-refractivity contribution in [3.63, 3.8) is 0 Å². The van der Waals surface area contributed by atoms with Crippen LogP contribution in [0.15, 0.2) is 95.0 Å². The lowest BCUT2D eigenvalue weighted by atomic mass is 9.92. The summed E-state index contributed by atoms with van der Waals surface area (Å²) < 4.78 is 50.3. The Balaban J connectivity index is 2.11. The van der Waals surface area contributed by atoms with Crippen LogP contribution in [0.1, 0.15) is 98.5 Å². The van der Waals surface area contributed by atoms with Gasteiger partial charge in [-0.25, -0.2) is 0 Å². The highest BCUT2D eigenvalue weighted by molar-refractivity contribution is 5.91. The maximum absolute atomic E-state index is 12.9. The van der Waals surface area contributed by atoms with Gasteiger partial charge in [0.2, 0.25) is 0 Å². The van der Waals surface area contributed by atoms with Crippen molar-refractivity contribution in [1.29, 1.82) is 0 Å². The molecule has 1 aromatic carbocycles. The highest BCUT2D eigenvalue weighted by atomic mass is 19.4. The Hall–Kier alpha value is -3.32. The number of aliphatic imine (C=N–C) groups is 1. The molecule has 0 fully saturated rings. The Kier molecular flexibility index (Phi) is 17.5. The van der Waals surface area contributed by atoms with Crippen LogP contribution in [0, 0.1) is 5.92 Å². The van der Waals surface area contributed by atoms with Crippen LogP contribution in [0.2, 0.25) is 0 Å². The molecule has 46 heavy (non-hydrogen) atoms. The van der Waals surface area contributed by atoms with Gasteiger partial charge < -0.3 is 14.4 Å². The summed E-state index contributed by atoms with van der Waals surface area (Å²) in [5.41, 5.74) is 3.40. The lowest BCUT2D eigenvalue weighted by Gasteiger charge is -2.18. The zero-order valence-electron chi connectivity index (χ0n) is 28.9. The first kappa shape index (κ1) is 38.9. The number of ether oxygens (including phenoxy) is 2. The van der Waals surface area contributed by atoms with E-state index in [2.05, 4.69) is 63.5 Å². The van der Waals surface area contributed by atoms with E-state index in [0.29, 0.717) is 18.8 Å². The van der Waals surface area contributed by atoms with E-state index in [0.717, 1.165) is 74.0 Å². The third-order valence-corrected chi connectivity index (χ3v) is 8.05. The minimum Gasteiger partial charge on any atom is -0.494 e. The summed E-state index contributed by atoms with van der Waals surface area (Å²) >= 11 is 0. The maximum atomic E-state index is 12.9. The predicted molar refractivity (Wildman–Crippen MR) is 188 cm³/mol. The summed E-state index contributed by atoms with van der Waals surface area (Å²) in [5.74, 6) is 1.74. The number of allylic oxidation sites excluding steroid dienone is 9. The fraction of sp³-hybridized carbons (Fsp3) is 0.513. The number of rotatable bonds is 20. The van der Waals surface area contributed by atoms with Gasteiger partial charge in [-0.05, 0) is 107 Å². The molecule has 1 aliphatic rings. The smallest absolute Gasteiger partial charge is 0.415 e. The van der Waals surface area contributed by atoms with Gasteiger partial charge in [-0.3, -0.25) is 4.99 Å².